The van der Waals surface area contributed by atoms with Gasteiger partial charge in [0.15, 0.2) is 0 Å². The molecule has 0 spiro atoms. The van der Waals surface area contributed by atoms with Crippen molar-refractivity contribution in [2.24, 2.45) is 0 Å². The van der Waals surface area contributed by atoms with Crippen molar-refractivity contribution in [3.8, 4) is 0 Å². The van der Waals surface area contributed by atoms with E-state index >= 15 is 0 Å². The first-order valence-electron chi connectivity index (χ1n) is 10.2. The van der Waals surface area contributed by atoms with Crippen LogP contribution in [0.15, 0.2) is 24.3 Å². The van der Waals surface area contributed by atoms with Gasteiger partial charge in [-0.15, -0.1) is 0 Å². The normalized spacial score (nSPS) is 10.8. The van der Waals surface area contributed by atoms with Crippen molar-refractivity contribution in [1.82, 2.24) is 0 Å². The minimum absolute atomic E-state index is 0.760. The molecule has 0 nitrogen and oxygen atoms in total. The first-order valence-corrected chi connectivity index (χ1v) is 13.0. The molecule has 25 heavy (non-hydrogen) atoms. The van der Waals surface area contributed by atoms with Gasteiger partial charge in [-0.05, 0) is 0 Å². The van der Waals surface area contributed by atoms with Gasteiger partial charge in [0.1, 0.15) is 0 Å². The van der Waals surface area contributed by atoms with Crippen molar-refractivity contribution in [2.45, 2.75) is 80.1 Å². The Kier molecular flexibility index (Phi) is 8.06. The number of rotatable bonds is 8. The molecule has 0 N–H and O–H groups in total. The van der Waals surface area contributed by atoms with Gasteiger partial charge in [-0.3, -0.25) is 0 Å². The molecule has 2 rings (SSSR count). The maximum atomic E-state index is 2.47. The molecule has 0 aromatic heterocycles. The second-order valence-corrected chi connectivity index (χ2v) is 10.5. The molecule has 2 aromatic rings. The van der Waals surface area contributed by atoms with E-state index < -0.39 is 21.1 Å². The van der Waals surface area contributed by atoms with Crippen molar-refractivity contribution >= 4 is 28.3 Å². The fourth-order valence-corrected chi connectivity index (χ4v) is 8.72. The van der Waals surface area contributed by atoms with E-state index in [-0.39, 0.29) is 0 Å². The van der Waals surface area contributed by atoms with Crippen LogP contribution in [0.1, 0.15) is 74.9 Å². The zero-order chi connectivity index (χ0) is 18.4. The Balaban J connectivity index is 2.53. The molecule has 0 amide bonds. The third kappa shape index (κ3) is 4.32. The van der Waals surface area contributed by atoms with Gasteiger partial charge in [-0.1, -0.05) is 0 Å². The van der Waals surface area contributed by atoms with Crippen molar-refractivity contribution in [1.29, 1.82) is 0 Å². The monoisotopic (exact) mass is 442 g/mol. The third-order valence-electron chi connectivity index (χ3n) is 5.50. The van der Waals surface area contributed by atoms with Crippen molar-refractivity contribution in [3.05, 3.63) is 57.6 Å². The number of hydrogen-bond acceptors (Lipinski definition) is 0. The molecule has 0 bridgehead atoms. The van der Waals surface area contributed by atoms with Gasteiger partial charge in [0.2, 0.25) is 0 Å². The second kappa shape index (κ2) is 9.80. The van der Waals surface area contributed by atoms with Gasteiger partial charge in [0.05, 0.1) is 0 Å². The van der Waals surface area contributed by atoms with Gasteiger partial charge in [0, 0.05) is 0 Å². The molecule has 0 atom stereocenters. The van der Waals surface area contributed by atoms with Crippen LogP contribution in [0.4, 0.5) is 0 Å². The molecule has 1 heteroatoms. The number of aryl methyl sites for hydroxylation is 2. The Bertz CT molecular complexity index is 651. The van der Waals surface area contributed by atoms with Gasteiger partial charge in [-0.25, -0.2) is 0 Å². The Morgan fingerprint density at radius 2 is 0.840 bits per heavy atom. The van der Waals surface area contributed by atoms with Crippen molar-refractivity contribution in [3.63, 3.8) is 0 Å². The predicted octanol–water partition coefficient (Wildman–Crippen LogP) is 4.72. The van der Waals surface area contributed by atoms with Gasteiger partial charge in [0.25, 0.3) is 0 Å². The zero-order valence-corrected chi connectivity index (χ0v) is 19.9. The SMILES string of the molecule is CCc1cc[c]([Sn+2][c]2ccc(CC)c(CC)c2CC)c(CC)c1CC. The summed E-state index contributed by atoms with van der Waals surface area (Å²) in [6.45, 7) is 13.9. The van der Waals surface area contributed by atoms with E-state index in [1.54, 1.807) is 40.5 Å². The first-order chi connectivity index (χ1) is 12.1. The van der Waals surface area contributed by atoms with Gasteiger partial charge >= 0.3 is 166 Å². The fourth-order valence-electron chi connectivity index (χ4n) is 4.21. The summed E-state index contributed by atoms with van der Waals surface area (Å²) in [6, 6.07) is 9.78. The molecule has 0 saturated heterocycles. The molecule has 2 aromatic carbocycles. The quantitative estimate of drug-likeness (QED) is 0.521. The molecule has 0 fully saturated rings. The summed E-state index contributed by atoms with van der Waals surface area (Å²) >= 11 is -0.760. The van der Waals surface area contributed by atoms with E-state index in [2.05, 4.69) is 65.8 Å². The summed E-state index contributed by atoms with van der Waals surface area (Å²) in [5.41, 5.74) is 9.76. The van der Waals surface area contributed by atoms with Crippen LogP contribution >= 0.6 is 0 Å². The topological polar surface area (TPSA) is 0 Å². The summed E-state index contributed by atoms with van der Waals surface area (Å²) in [4.78, 5) is 0. The Morgan fingerprint density at radius 1 is 0.480 bits per heavy atom. The summed E-state index contributed by atoms with van der Waals surface area (Å²) in [5.74, 6) is 0. The fraction of sp³-hybridized carbons (Fsp3) is 0.500. The van der Waals surface area contributed by atoms with Crippen LogP contribution < -0.4 is 7.16 Å². The van der Waals surface area contributed by atoms with Gasteiger partial charge in [-0.2, -0.15) is 0 Å². The third-order valence-corrected chi connectivity index (χ3v) is 9.71. The molecule has 132 valence electrons. The van der Waals surface area contributed by atoms with Crippen molar-refractivity contribution in [2.75, 3.05) is 0 Å². The summed E-state index contributed by atoms with van der Waals surface area (Å²) in [6.07, 6.45) is 7.04. The van der Waals surface area contributed by atoms with E-state index in [4.69, 9.17) is 0 Å². The average Bonchev–Trinajstić information content (AvgIpc) is 2.66. The van der Waals surface area contributed by atoms with Crippen LogP contribution in [0, 0.1) is 0 Å². The van der Waals surface area contributed by atoms with E-state index in [1.165, 1.54) is 25.7 Å². The van der Waals surface area contributed by atoms with E-state index in [0.29, 0.717) is 0 Å². The molecule has 0 aliphatic carbocycles. The zero-order valence-electron chi connectivity index (χ0n) is 17.1. The molecule has 0 unspecified atom stereocenters. The van der Waals surface area contributed by atoms with Gasteiger partial charge < -0.3 is 0 Å². The van der Waals surface area contributed by atoms with E-state index in [9.17, 15) is 0 Å². The molecule has 0 saturated carbocycles. The molecular formula is C24H34Sn+2. The van der Waals surface area contributed by atoms with Crippen LogP contribution in [0.5, 0.6) is 0 Å². The minimum atomic E-state index is -0.760. The standard InChI is InChI=1S/2C12H17.Sn/c2*1-4-10-8-7-9-11(5-2)12(10)6-3;/h2*7-8H,4-6H2,1-3H3;/q;;+2. The predicted molar refractivity (Wildman–Crippen MR) is 114 cm³/mol. The average molecular weight is 441 g/mol. The molecule has 0 aliphatic heterocycles. The van der Waals surface area contributed by atoms with Crippen LogP contribution in [-0.2, 0) is 38.5 Å². The van der Waals surface area contributed by atoms with E-state index in [1.807, 2.05) is 0 Å². The van der Waals surface area contributed by atoms with Crippen molar-refractivity contribution < 1.29 is 0 Å². The van der Waals surface area contributed by atoms with Crippen LogP contribution in [-0.4, -0.2) is 21.1 Å². The van der Waals surface area contributed by atoms with Crippen LogP contribution in [0.3, 0.4) is 0 Å². The summed E-state index contributed by atoms with van der Waals surface area (Å²) in [7, 11) is 0. The maximum absolute atomic E-state index is 2.47. The summed E-state index contributed by atoms with van der Waals surface area (Å²) in [5, 5.41) is 0. The molecule has 0 aliphatic rings. The Labute approximate surface area is 165 Å². The molecule has 0 heterocycles. The summed E-state index contributed by atoms with van der Waals surface area (Å²) < 4.78 is 3.42. The second-order valence-electron chi connectivity index (χ2n) is 6.71. The van der Waals surface area contributed by atoms with E-state index in [0.717, 1.165) is 12.8 Å². The number of benzene rings is 2. The van der Waals surface area contributed by atoms with Crippen LogP contribution in [0.2, 0.25) is 0 Å². The Morgan fingerprint density at radius 3 is 1.12 bits per heavy atom. The first kappa shape index (κ1) is 20.5. The molecular weight excluding hydrogens is 407 g/mol. The Hall–Kier alpha value is -0.761. The van der Waals surface area contributed by atoms with Crippen LogP contribution in [0.25, 0.3) is 0 Å². The number of hydrogen-bond donors (Lipinski definition) is 0. The molecule has 0 radical (unpaired) electrons.